The fourth-order valence-electron chi connectivity index (χ4n) is 3.21. The summed E-state index contributed by atoms with van der Waals surface area (Å²) in [4.78, 5) is 47.3. The topological polar surface area (TPSA) is 102 Å². The lowest BCUT2D eigenvalue weighted by molar-refractivity contribution is -0.232. The molecule has 0 atom stereocenters. The molecular formula is C22H21ClF4N4O5. The number of rotatable bonds is 4. The van der Waals surface area contributed by atoms with Gasteiger partial charge in [-0.3, -0.25) is 4.90 Å². The van der Waals surface area contributed by atoms with Crippen LogP contribution in [0.2, 0.25) is 0 Å². The van der Waals surface area contributed by atoms with Crippen molar-refractivity contribution < 1.29 is 41.7 Å². The lowest BCUT2D eigenvalue weighted by atomic mass is 10.2. The Morgan fingerprint density at radius 1 is 1.00 bits per heavy atom. The van der Waals surface area contributed by atoms with Crippen LogP contribution in [0.5, 0.6) is 0 Å². The molecule has 0 saturated carbocycles. The highest BCUT2D eigenvalue weighted by atomic mass is 35.5. The van der Waals surface area contributed by atoms with Crippen LogP contribution >= 0.6 is 12.4 Å². The van der Waals surface area contributed by atoms with E-state index in [4.69, 9.17) is 0 Å². The van der Waals surface area contributed by atoms with Gasteiger partial charge in [0, 0.05) is 11.1 Å². The number of hydrogen-bond acceptors (Lipinski definition) is 6. The summed E-state index contributed by atoms with van der Waals surface area (Å²) < 4.78 is 53.0. The van der Waals surface area contributed by atoms with Gasteiger partial charge >= 0.3 is 24.3 Å². The molecule has 0 fully saturated rings. The first kappa shape index (κ1) is 28.4. The minimum Gasteiger partial charge on any atom is -0.308 e. The molecule has 3 aromatic rings. The number of carbonyl (C=O) groups is 3. The Bertz CT molecular complexity index is 1280. The normalized spacial score (nSPS) is 11.1. The van der Waals surface area contributed by atoms with Crippen LogP contribution in [0.15, 0.2) is 42.5 Å². The van der Waals surface area contributed by atoms with Gasteiger partial charge in [-0.2, -0.15) is 13.2 Å². The highest BCUT2D eigenvalue weighted by Gasteiger charge is 2.30. The second kappa shape index (κ2) is 11.3. The lowest BCUT2D eigenvalue weighted by Crippen LogP contribution is -2.26. The maximum atomic E-state index is 13.9. The Morgan fingerprint density at radius 2 is 1.64 bits per heavy atom. The number of urea groups is 1. The lowest BCUT2D eigenvalue weighted by Gasteiger charge is -2.11. The SMILES string of the molecule is Cc1c(NC(=O)Nc2ccc(C(F)(F)F)cc2)c2cc(F)ccc2n1C(=O)OOC(=O)CN(C)C.Cl. The Hall–Kier alpha value is -3.84. The van der Waals surface area contributed by atoms with E-state index in [1.807, 2.05) is 0 Å². The number of alkyl halides is 3. The second-order valence-electron chi connectivity index (χ2n) is 7.65. The van der Waals surface area contributed by atoms with Gasteiger partial charge in [-0.1, -0.05) is 0 Å². The summed E-state index contributed by atoms with van der Waals surface area (Å²) >= 11 is 0. The Labute approximate surface area is 208 Å². The number of aromatic nitrogens is 1. The maximum absolute atomic E-state index is 13.9. The van der Waals surface area contributed by atoms with Crippen molar-refractivity contribution in [2.75, 3.05) is 31.3 Å². The molecule has 194 valence electrons. The van der Waals surface area contributed by atoms with Gasteiger partial charge < -0.3 is 10.6 Å². The van der Waals surface area contributed by atoms with E-state index >= 15 is 0 Å². The van der Waals surface area contributed by atoms with Crippen LogP contribution in [-0.4, -0.2) is 48.2 Å². The van der Waals surface area contributed by atoms with Crippen LogP contribution in [0.1, 0.15) is 11.3 Å². The van der Waals surface area contributed by atoms with Crippen LogP contribution in [0, 0.1) is 12.7 Å². The summed E-state index contributed by atoms with van der Waals surface area (Å²) in [7, 11) is 3.21. The highest BCUT2D eigenvalue weighted by Crippen LogP contribution is 2.32. The zero-order valence-electron chi connectivity index (χ0n) is 19.1. The molecule has 0 aliphatic carbocycles. The van der Waals surface area contributed by atoms with Crippen molar-refractivity contribution in [2.45, 2.75) is 13.1 Å². The summed E-state index contributed by atoms with van der Waals surface area (Å²) in [6, 6.07) is 6.29. The molecule has 9 nitrogen and oxygen atoms in total. The fraction of sp³-hybridized carbons (Fsp3) is 0.227. The van der Waals surface area contributed by atoms with E-state index in [9.17, 15) is 31.9 Å². The number of benzene rings is 2. The average molecular weight is 533 g/mol. The molecule has 0 saturated heterocycles. The quantitative estimate of drug-likeness (QED) is 0.273. The number of nitrogens with zero attached hydrogens (tertiary/aromatic N) is 2. The molecule has 0 spiro atoms. The first-order valence-corrected chi connectivity index (χ1v) is 9.99. The molecule has 1 heterocycles. The predicted molar refractivity (Wildman–Crippen MR) is 124 cm³/mol. The van der Waals surface area contributed by atoms with Crippen molar-refractivity contribution in [2.24, 2.45) is 0 Å². The molecule has 0 aliphatic rings. The standard InChI is InChI=1S/C22H20F4N4O5.ClH/c1-12-19(28-20(32)27-15-7-4-13(5-8-15)22(24,25)26)16-10-14(23)6-9-17(16)30(12)21(33)35-34-18(31)11-29(2)3;/h4-10H,11H2,1-3H3,(H2,27,28,32);1H. The van der Waals surface area contributed by atoms with E-state index in [0.29, 0.717) is 0 Å². The molecule has 0 bridgehead atoms. The van der Waals surface area contributed by atoms with E-state index < -0.39 is 35.7 Å². The van der Waals surface area contributed by atoms with E-state index in [-0.39, 0.29) is 46.9 Å². The third kappa shape index (κ3) is 6.64. The number of amides is 2. The first-order valence-electron chi connectivity index (χ1n) is 9.99. The first-order chi connectivity index (χ1) is 16.4. The Morgan fingerprint density at radius 3 is 2.22 bits per heavy atom. The van der Waals surface area contributed by atoms with Crippen LogP contribution in [0.3, 0.4) is 0 Å². The third-order valence-corrected chi connectivity index (χ3v) is 4.71. The minimum atomic E-state index is -4.53. The van der Waals surface area contributed by atoms with Gasteiger partial charge in [-0.05, 0) is 63.5 Å². The van der Waals surface area contributed by atoms with Gasteiger partial charge in [0.05, 0.1) is 22.5 Å². The van der Waals surface area contributed by atoms with Crippen molar-refractivity contribution in [1.29, 1.82) is 0 Å². The molecule has 14 heteroatoms. The van der Waals surface area contributed by atoms with Crippen molar-refractivity contribution in [3.8, 4) is 0 Å². The van der Waals surface area contributed by atoms with Crippen LogP contribution < -0.4 is 10.6 Å². The summed E-state index contributed by atoms with van der Waals surface area (Å²) in [5.74, 6) is -1.50. The molecule has 0 radical (unpaired) electrons. The summed E-state index contributed by atoms with van der Waals surface area (Å²) in [6.45, 7) is 1.27. The third-order valence-electron chi connectivity index (χ3n) is 4.71. The maximum Gasteiger partial charge on any atom is 0.461 e. The molecule has 2 amide bonds. The Balaban J connectivity index is 0.00000456. The van der Waals surface area contributed by atoms with Gasteiger partial charge in [-0.25, -0.2) is 33.1 Å². The zero-order chi connectivity index (χ0) is 25.9. The number of carbonyl (C=O) groups excluding carboxylic acids is 3. The highest BCUT2D eigenvalue weighted by molar-refractivity contribution is 6.09. The van der Waals surface area contributed by atoms with Crippen LogP contribution in [0.4, 0.5) is 38.5 Å². The predicted octanol–water partition coefficient (Wildman–Crippen LogP) is 5.18. The minimum absolute atomic E-state index is 0. The number of halogens is 5. The number of nitrogens with one attached hydrogen (secondary N) is 2. The van der Waals surface area contributed by atoms with Gasteiger partial charge in [0.2, 0.25) is 0 Å². The molecule has 2 N–H and O–H groups in total. The zero-order valence-corrected chi connectivity index (χ0v) is 19.9. The van der Waals surface area contributed by atoms with E-state index in [2.05, 4.69) is 20.4 Å². The monoisotopic (exact) mass is 532 g/mol. The number of anilines is 2. The Kier molecular flexibility index (Phi) is 8.89. The second-order valence-corrected chi connectivity index (χ2v) is 7.65. The van der Waals surface area contributed by atoms with Crippen LogP contribution in [-0.2, 0) is 20.7 Å². The molecule has 0 aliphatic heterocycles. The van der Waals surface area contributed by atoms with E-state index in [1.54, 1.807) is 14.1 Å². The average Bonchev–Trinajstić information content (AvgIpc) is 3.02. The van der Waals surface area contributed by atoms with Crippen molar-refractivity contribution in [3.63, 3.8) is 0 Å². The largest absolute Gasteiger partial charge is 0.461 e. The van der Waals surface area contributed by atoms with Gasteiger partial charge in [0.1, 0.15) is 12.4 Å². The molecule has 36 heavy (non-hydrogen) atoms. The van der Waals surface area contributed by atoms with Gasteiger partial charge in [0.25, 0.3) is 0 Å². The summed E-state index contributed by atoms with van der Waals surface area (Å²) in [5, 5.41) is 4.95. The number of likely N-dealkylation sites (N-methyl/N-ethyl adjacent to an activating group) is 1. The van der Waals surface area contributed by atoms with E-state index in [0.717, 1.165) is 41.0 Å². The fourth-order valence-corrected chi connectivity index (χ4v) is 3.21. The summed E-state index contributed by atoms with van der Waals surface area (Å²) in [5.41, 5.74) is -0.539. The number of hydrogen-bond donors (Lipinski definition) is 2. The van der Waals surface area contributed by atoms with Crippen molar-refractivity contribution >= 4 is 52.8 Å². The summed E-state index contributed by atoms with van der Waals surface area (Å²) in [6.07, 6.45) is -5.65. The van der Waals surface area contributed by atoms with E-state index in [1.165, 1.54) is 17.9 Å². The van der Waals surface area contributed by atoms with Gasteiger partial charge in [-0.15, -0.1) is 12.4 Å². The molecule has 0 unspecified atom stereocenters. The van der Waals surface area contributed by atoms with Crippen molar-refractivity contribution in [3.05, 3.63) is 59.5 Å². The molecule has 3 rings (SSSR count). The van der Waals surface area contributed by atoms with Crippen LogP contribution in [0.25, 0.3) is 10.9 Å². The molecule has 2 aromatic carbocycles. The van der Waals surface area contributed by atoms with Gasteiger partial charge in [0.15, 0.2) is 0 Å². The number of fused-ring (bicyclic) bond motifs is 1. The smallest absolute Gasteiger partial charge is 0.308 e. The molecular weight excluding hydrogens is 512 g/mol. The molecule has 1 aromatic heterocycles. The van der Waals surface area contributed by atoms with Crippen molar-refractivity contribution in [1.82, 2.24) is 9.47 Å².